The minimum atomic E-state index is -0.207. The topological polar surface area (TPSA) is 87.4 Å². The molecular weight excluding hydrogens is 314 g/mol. The van der Waals surface area contributed by atoms with Crippen LogP contribution in [0.4, 0.5) is 4.79 Å². The first-order valence-corrected chi connectivity index (χ1v) is 9.61. The predicted molar refractivity (Wildman–Crippen MR) is 97.2 cm³/mol. The Balaban J connectivity index is 1.24. The number of carbonyl (C=O) groups excluding carboxylic acids is 1. The van der Waals surface area contributed by atoms with Crippen LogP contribution in [0.5, 0.6) is 5.75 Å². The van der Waals surface area contributed by atoms with Crippen molar-refractivity contribution in [3.63, 3.8) is 0 Å². The molecule has 1 aromatic carbocycles. The van der Waals surface area contributed by atoms with Gasteiger partial charge in [-0.3, -0.25) is 0 Å². The number of hydrogen-bond donors (Lipinski definition) is 4. The zero-order valence-corrected chi connectivity index (χ0v) is 14.7. The van der Waals surface area contributed by atoms with Gasteiger partial charge in [0.2, 0.25) is 0 Å². The van der Waals surface area contributed by atoms with Gasteiger partial charge in [0, 0.05) is 18.6 Å². The molecule has 5 N–H and O–H groups in total. The van der Waals surface area contributed by atoms with E-state index < -0.39 is 0 Å². The smallest absolute Gasteiger partial charge is 0.314 e. The van der Waals surface area contributed by atoms with Gasteiger partial charge in [-0.2, -0.15) is 0 Å². The Bertz CT molecular complexity index is 600. The molecule has 25 heavy (non-hydrogen) atoms. The van der Waals surface area contributed by atoms with Gasteiger partial charge in [-0.25, -0.2) is 4.79 Å². The minimum Gasteiger partial charge on any atom is -0.508 e. The summed E-state index contributed by atoms with van der Waals surface area (Å²) in [6, 6.07) is 6.95. The largest absolute Gasteiger partial charge is 0.508 e. The second-order valence-corrected chi connectivity index (χ2v) is 8.44. The average Bonchev–Trinajstić information content (AvgIpc) is 2.59. The first-order chi connectivity index (χ1) is 12.0. The lowest BCUT2D eigenvalue weighted by Gasteiger charge is -2.59. The van der Waals surface area contributed by atoms with Gasteiger partial charge < -0.3 is 21.5 Å². The average molecular weight is 343 g/mol. The first kappa shape index (κ1) is 16.7. The molecule has 0 spiro atoms. The zero-order chi connectivity index (χ0) is 17.4. The Morgan fingerprint density at radius 2 is 1.64 bits per heavy atom. The first-order valence-electron chi connectivity index (χ1n) is 9.61. The number of benzene rings is 1. The SMILES string of the molecule is NC1(CNC(=O)NCCc2ccc(O)cc2)C2CC3CC(C2)CC1C3. The highest BCUT2D eigenvalue weighted by molar-refractivity contribution is 5.73. The molecule has 4 fully saturated rings. The quantitative estimate of drug-likeness (QED) is 0.662. The molecule has 1 aromatic rings. The van der Waals surface area contributed by atoms with Crippen LogP contribution in [0.1, 0.15) is 37.7 Å². The van der Waals surface area contributed by atoms with Crippen LogP contribution in [-0.4, -0.2) is 29.8 Å². The van der Waals surface area contributed by atoms with Gasteiger partial charge in [-0.15, -0.1) is 0 Å². The van der Waals surface area contributed by atoms with Crippen LogP contribution in [0.3, 0.4) is 0 Å². The zero-order valence-electron chi connectivity index (χ0n) is 14.7. The molecule has 0 saturated heterocycles. The van der Waals surface area contributed by atoms with Gasteiger partial charge in [0.05, 0.1) is 0 Å². The maximum absolute atomic E-state index is 12.1. The third-order valence-corrected chi connectivity index (χ3v) is 6.85. The number of phenols is 1. The van der Waals surface area contributed by atoms with Gasteiger partial charge >= 0.3 is 6.03 Å². The van der Waals surface area contributed by atoms with Crippen molar-refractivity contribution in [1.82, 2.24) is 10.6 Å². The second-order valence-electron chi connectivity index (χ2n) is 8.44. The number of urea groups is 1. The molecule has 5 rings (SSSR count). The van der Waals surface area contributed by atoms with E-state index in [-0.39, 0.29) is 17.3 Å². The molecule has 0 aliphatic heterocycles. The molecule has 136 valence electrons. The van der Waals surface area contributed by atoms with E-state index in [9.17, 15) is 9.90 Å². The summed E-state index contributed by atoms with van der Waals surface area (Å²) < 4.78 is 0. The Labute approximate surface area is 149 Å². The number of aromatic hydroxyl groups is 1. The van der Waals surface area contributed by atoms with Gasteiger partial charge in [0.25, 0.3) is 0 Å². The van der Waals surface area contributed by atoms with Crippen molar-refractivity contribution in [1.29, 1.82) is 0 Å². The molecule has 0 unspecified atom stereocenters. The number of nitrogens with two attached hydrogens (primary N) is 1. The van der Waals surface area contributed by atoms with Crippen molar-refractivity contribution in [2.24, 2.45) is 29.4 Å². The lowest BCUT2D eigenvalue weighted by molar-refractivity contribution is -0.0529. The molecule has 4 aliphatic rings. The van der Waals surface area contributed by atoms with Crippen LogP contribution in [0.2, 0.25) is 0 Å². The van der Waals surface area contributed by atoms with Gasteiger partial charge in [-0.05, 0) is 79.9 Å². The van der Waals surface area contributed by atoms with Gasteiger partial charge in [0.1, 0.15) is 5.75 Å². The molecule has 2 amide bonds. The van der Waals surface area contributed by atoms with Crippen molar-refractivity contribution < 1.29 is 9.90 Å². The summed E-state index contributed by atoms with van der Waals surface area (Å²) in [5.74, 6) is 3.21. The van der Waals surface area contributed by atoms with Crippen molar-refractivity contribution >= 4 is 6.03 Å². The van der Waals surface area contributed by atoms with Crippen molar-refractivity contribution in [3.8, 4) is 5.75 Å². The van der Waals surface area contributed by atoms with Gasteiger partial charge in [0.15, 0.2) is 0 Å². The van der Waals surface area contributed by atoms with E-state index in [4.69, 9.17) is 5.73 Å². The van der Waals surface area contributed by atoms with Crippen LogP contribution in [-0.2, 0) is 6.42 Å². The van der Waals surface area contributed by atoms with E-state index in [0.29, 0.717) is 24.9 Å². The summed E-state index contributed by atoms with van der Waals surface area (Å²) in [5, 5.41) is 15.2. The van der Waals surface area contributed by atoms with E-state index in [1.54, 1.807) is 12.1 Å². The lowest BCUT2D eigenvalue weighted by atomic mass is 9.49. The van der Waals surface area contributed by atoms with E-state index in [1.165, 1.54) is 32.1 Å². The Hall–Kier alpha value is -1.75. The molecule has 0 radical (unpaired) electrons. The molecule has 5 heteroatoms. The number of rotatable bonds is 5. The summed E-state index contributed by atoms with van der Waals surface area (Å²) in [6.07, 6.45) is 7.19. The van der Waals surface area contributed by atoms with E-state index in [0.717, 1.165) is 23.8 Å². The fraction of sp³-hybridized carbons (Fsp3) is 0.650. The monoisotopic (exact) mass is 343 g/mol. The molecule has 4 saturated carbocycles. The lowest BCUT2D eigenvalue weighted by Crippen LogP contribution is -2.67. The molecule has 0 atom stereocenters. The van der Waals surface area contributed by atoms with Gasteiger partial charge in [-0.1, -0.05) is 12.1 Å². The Morgan fingerprint density at radius 1 is 1.04 bits per heavy atom. The molecule has 4 bridgehead atoms. The highest BCUT2D eigenvalue weighted by Gasteiger charge is 2.55. The highest BCUT2D eigenvalue weighted by atomic mass is 16.3. The molecule has 5 nitrogen and oxygen atoms in total. The minimum absolute atomic E-state index is 0.127. The fourth-order valence-corrected chi connectivity index (χ4v) is 5.63. The van der Waals surface area contributed by atoms with E-state index in [1.807, 2.05) is 12.1 Å². The molecule has 0 aromatic heterocycles. The summed E-state index contributed by atoms with van der Waals surface area (Å²) in [5.41, 5.74) is 7.69. The number of hydrogen-bond acceptors (Lipinski definition) is 3. The predicted octanol–water partition coefficient (Wildman–Crippen LogP) is 2.39. The molecule has 4 aliphatic carbocycles. The van der Waals surface area contributed by atoms with Crippen molar-refractivity contribution in [2.75, 3.05) is 13.1 Å². The van der Waals surface area contributed by atoms with Crippen molar-refractivity contribution in [2.45, 2.75) is 44.1 Å². The number of amides is 2. The van der Waals surface area contributed by atoms with Crippen LogP contribution >= 0.6 is 0 Å². The summed E-state index contributed by atoms with van der Waals surface area (Å²) in [7, 11) is 0. The highest BCUT2D eigenvalue weighted by Crippen LogP contribution is 2.57. The van der Waals surface area contributed by atoms with Crippen LogP contribution in [0.25, 0.3) is 0 Å². The third-order valence-electron chi connectivity index (χ3n) is 6.85. The summed E-state index contributed by atoms with van der Waals surface area (Å²) in [4.78, 5) is 12.1. The maximum Gasteiger partial charge on any atom is 0.314 e. The number of carbonyl (C=O) groups is 1. The second kappa shape index (κ2) is 6.52. The summed E-state index contributed by atoms with van der Waals surface area (Å²) in [6.45, 7) is 1.16. The normalized spacial score (nSPS) is 35.6. The van der Waals surface area contributed by atoms with Crippen molar-refractivity contribution in [3.05, 3.63) is 29.8 Å². The van der Waals surface area contributed by atoms with Crippen LogP contribution in [0, 0.1) is 23.7 Å². The fourth-order valence-electron chi connectivity index (χ4n) is 5.63. The Kier molecular flexibility index (Phi) is 4.36. The van der Waals surface area contributed by atoms with Crippen LogP contribution < -0.4 is 16.4 Å². The standard InChI is InChI=1S/C20H29N3O2/c21-20(16-8-14-7-15(10-16)11-17(20)9-14)12-23-19(25)22-6-5-13-1-3-18(24)4-2-13/h1-4,14-17,24H,5-12,21H2,(H2,22,23,25). The Morgan fingerprint density at radius 3 is 2.24 bits per heavy atom. The summed E-state index contributed by atoms with van der Waals surface area (Å²) >= 11 is 0. The van der Waals surface area contributed by atoms with E-state index in [2.05, 4.69) is 10.6 Å². The third kappa shape index (κ3) is 3.34. The van der Waals surface area contributed by atoms with E-state index >= 15 is 0 Å². The molecule has 0 heterocycles. The number of phenolic OH excluding ortho intramolecular Hbond substituents is 1. The number of nitrogens with one attached hydrogen (secondary N) is 2. The molecular formula is C20H29N3O2. The van der Waals surface area contributed by atoms with Crippen LogP contribution in [0.15, 0.2) is 24.3 Å². The maximum atomic E-state index is 12.1.